The summed E-state index contributed by atoms with van der Waals surface area (Å²) >= 11 is 5.94. The number of anilines is 2. The van der Waals surface area contributed by atoms with Crippen molar-refractivity contribution in [1.29, 1.82) is 0 Å². The number of amides is 2. The van der Waals surface area contributed by atoms with E-state index in [9.17, 15) is 14.4 Å². The summed E-state index contributed by atoms with van der Waals surface area (Å²) in [5.41, 5.74) is 3.22. The number of hydrogen-bond acceptors (Lipinski definition) is 5. The maximum absolute atomic E-state index is 12.4. The molecular weight excluding hydrogens is 408 g/mol. The zero-order chi connectivity index (χ0) is 21.8. The number of nitrogens with zero attached hydrogens (tertiary/aromatic N) is 1. The fraction of sp³-hybridized carbons (Fsp3) is 0.318. The van der Waals surface area contributed by atoms with Crippen molar-refractivity contribution < 1.29 is 23.9 Å². The number of carbonyl (C=O) groups is 3. The van der Waals surface area contributed by atoms with Crippen LogP contribution in [-0.2, 0) is 19.1 Å². The van der Waals surface area contributed by atoms with Crippen LogP contribution in [0.25, 0.3) is 0 Å². The lowest BCUT2D eigenvalue weighted by atomic mass is 10.1. The highest BCUT2D eigenvalue weighted by Gasteiger charge is 2.36. The number of rotatable bonds is 6. The number of hydrogen-bond donors (Lipinski definition) is 1. The van der Waals surface area contributed by atoms with Crippen molar-refractivity contribution in [3.63, 3.8) is 0 Å². The first-order valence-corrected chi connectivity index (χ1v) is 9.83. The average molecular weight is 431 g/mol. The van der Waals surface area contributed by atoms with E-state index in [4.69, 9.17) is 21.1 Å². The zero-order valence-electron chi connectivity index (χ0n) is 17.0. The second-order valence-electron chi connectivity index (χ2n) is 7.25. The number of ether oxygens (including phenoxy) is 2. The highest BCUT2D eigenvalue weighted by atomic mass is 35.5. The van der Waals surface area contributed by atoms with Gasteiger partial charge in [-0.3, -0.25) is 14.4 Å². The summed E-state index contributed by atoms with van der Waals surface area (Å²) in [6.45, 7) is 3.67. The van der Waals surface area contributed by atoms with Crippen molar-refractivity contribution in [2.45, 2.75) is 20.3 Å². The van der Waals surface area contributed by atoms with E-state index >= 15 is 0 Å². The summed E-state index contributed by atoms with van der Waals surface area (Å²) in [5.74, 6) is -1.44. The molecule has 0 spiro atoms. The molecule has 30 heavy (non-hydrogen) atoms. The van der Waals surface area contributed by atoms with Gasteiger partial charge in [-0.1, -0.05) is 17.7 Å². The van der Waals surface area contributed by atoms with E-state index in [0.717, 1.165) is 16.8 Å². The number of aryl methyl sites for hydroxylation is 2. The monoisotopic (exact) mass is 430 g/mol. The largest absolute Gasteiger partial charge is 0.495 e. The Morgan fingerprint density at radius 1 is 1.17 bits per heavy atom. The second-order valence-corrected chi connectivity index (χ2v) is 7.69. The fourth-order valence-corrected chi connectivity index (χ4v) is 3.61. The minimum Gasteiger partial charge on any atom is -0.495 e. The highest BCUT2D eigenvalue weighted by molar-refractivity contribution is 6.31. The number of halogens is 1. The molecule has 2 amide bonds. The molecule has 2 aromatic rings. The molecular formula is C22H23ClN2O5. The molecule has 1 heterocycles. The topological polar surface area (TPSA) is 84.9 Å². The van der Waals surface area contributed by atoms with Gasteiger partial charge in [0.2, 0.25) is 5.91 Å². The summed E-state index contributed by atoms with van der Waals surface area (Å²) in [5, 5.41) is 3.03. The van der Waals surface area contributed by atoms with Crippen LogP contribution in [0.2, 0.25) is 5.02 Å². The molecule has 1 aliphatic heterocycles. The van der Waals surface area contributed by atoms with Gasteiger partial charge >= 0.3 is 5.97 Å². The van der Waals surface area contributed by atoms with Gasteiger partial charge in [-0.2, -0.15) is 0 Å². The van der Waals surface area contributed by atoms with Gasteiger partial charge < -0.3 is 19.7 Å². The van der Waals surface area contributed by atoms with E-state index in [1.807, 2.05) is 32.0 Å². The van der Waals surface area contributed by atoms with Crippen molar-refractivity contribution in [1.82, 2.24) is 0 Å². The third-order valence-electron chi connectivity index (χ3n) is 4.76. The Labute approximate surface area is 179 Å². The first-order valence-electron chi connectivity index (χ1n) is 9.45. The van der Waals surface area contributed by atoms with Gasteiger partial charge in [0, 0.05) is 23.7 Å². The van der Waals surface area contributed by atoms with E-state index in [0.29, 0.717) is 16.5 Å². The summed E-state index contributed by atoms with van der Waals surface area (Å²) < 4.78 is 10.3. The zero-order valence-corrected chi connectivity index (χ0v) is 17.8. The Morgan fingerprint density at radius 2 is 1.87 bits per heavy atom. The Morgan fingerprint density at radius 3 is 2.53 bits per heavy atom. The van der Waals surface area contributed by atoms with Gasteiger partial charge in [0.15, 0.2) is 6.61 Å². The van der Waals surface area contributed by atoms with E-state index < -0.39 is 24.4 Å². The van der Waals surface area contributed by atoms with Crippen LogP contribution in [0.3, 0.4) is 0 Å². The SMILES string of the molecule is COc1ccc(Cl)cc1NC(=O)COC(=O)[C@H]1CC(=O)N(c2cc(C)cc(C)c2)C1. The lowest BCUT2D eigenvalue weighted by Gasteiger charge is -2.18. The first kappa shape index (κ1) is 21.6. The normalized spacial score (nSPS) is 15.8. The summed E-state index contributed by atoms with van der Waals surface area (Å²) in [6, 6.07) is 10.6. The molecule has 7 nitrogen and oxygen atoms in total. The number of carbonyl (C=O) groups excluding carboxylic acids is 3. The maximum atomic E-state index is 12.4. The Balaban J connectivity index is 1.57. The average Bonchev–Trinajstić information content (AvgIpc) is 3.07. The van der Waals surface area contributed by atoms with Crippen LogP contribution < -0.4 is 15.0 Å². The third-order valence-corrected chi connectivity index (χ3v) is 4.99. The van der Waals surface area contributed by atoms with Crippen molar-refractivity contribution >= 4 is 40.8 Å². The van der Waals surface area contributed by atoms with Gasteiger partial charge in [-0.05, 0) is 55.3 Å². The smallest absolute Gasteiger partial charge is 0.311 e. The summed E-state index contributed by atoms with van der Waals surface area (Å²) in [7, 11) is 1.47. The minimum atomic E-state index is -0.619. The molecule has 1 fully saturated rings. The van der Waals surface area contributed by atoms with Crippen LogP contribution >= 0.6 is 11.6 Å². The molecule has 2 aromatic carbocycles. The molecule has 1 atom stereocenters. The highest BCUT2D eigenvalue weighted by Crippen LogP contribution is 2.29. The van der Waals surface area contributed by atoms with Crippen LogP contribution in [0.5, 0.6) is 5.75 Å². The predicted octanol–water partition coefficient (Wildman–Crippen LogP) is 3.50. The molecule has 1 aliphatic rings. The van der Waals surface area contributed by atoms with Crippen molar-refractivity contribution in [2.24, 2.45) is 5.92 Å². The molecule has 3 rings (SSSR count). The number of esters is 1. The molecule has 0 unspecified atom stereocenters. The van der Waals surface area contributed by atoms with Crippen LogP contribution in [0.15, 0.2) is 36.4 Å². The van der Waals surface area contributed by atoms with Crippen LogP contribution in [0.4, 0.5) is 11.4 Å². The first-order chi connectivity index (χ1) is 14.3. The fourth-order valence-electron chi connectivity index (χ4n) is 3.44. The number of methoxy groups -OCH3 is 1. The second kappa shape index (κ2) is 9.17. The Kier molecular flexibility index (Phi) is 6.62. The van der Waals surface area contributed by atoms with Gasteiger partial charge in [0.05, 0.1) is 18.7 Å². The maximum Gasteiger partial charge on any atom is 0.311 e. The lowest BCUT2D eigenvalue weighted by molar-refractivity contribution is -0.151. The van der Waals surface area contributed by atoms with Crippen LogP contribution in [0, 0.1) is 19.8 Å². The van der Waals surface area contributed by atoms with Gasteiger partial charge in [0.25, 0.3) is 5.91 Å². The van der Waals surface area contributed by atoms with E-state index in [2.05, 4.69) is 5.32 Å². The van der Waals surface area contributed by atoms with Crippen molar-refractivity contribution in [2.75, 3.05) is 30.5 Å². The molecule has 0 bridgehead atoms. The van der Waals surface area contributed by atoms with Crippen LogP contribution in [-0.4, -0.2) is 38.0 Å². The molecule has 158 valence electrons. The molecule has 1 N–H and O–H groups in total. The minimum absolute atomic E-state index is 0.0511. The summed E-state index contributed by atoms with van der Waals surface area (Å²) in [4.78, 5) is 38.6. The van der Waals surface area contributed by atoms with Crippen molar-refractivity contribution in [3.8, 4) is 5.75 Å². The Bertz CT molecular complexity index is 971. The van der Waals surface area contributed by atoms with Gasteiger partial charge in [-0.15, -0.1) is 0 Å². The third kappa shape index (κ3) is 5.10. The molecule has 8 heteroatoms. The van der Waals surface area contributed by atoms with E-state index in [1.54, 1.807) is 17.0 Å². The van der Waals surface area contributed by atoms with E-state index in [1.165, 1.54) is 13.2 Å². The number of nitrogens with one attached hydrogen (secondary N) is 1. The van der Waals surface area contributed by atoms with E-state index in [-0.39, 0.29) is 18.9 Å². The van der Waals surface area contributed by atoms with Crippen LogP contribution in [0.1, 0.15) is 17.5 Å². The summed E-state index contributed by atoms with van der Waals surface area (Å²) in [6.07, 6.45) is 0.0511. The molecule has 1 saturated heterocycles. The van der Waals surface area contributed by atoms with Crippen molar-refractivity contribution in [3.05, 3.63) is 52.5 Å². The standard InChI is InChI=1S/C22H23ClN2O5/c1-13-6-14(2)8-17(7-13)25-11-15(9-21(25)27)22(28)30-12-20(26)24-18-10-16(23)4-5-19(18)29-3/h4-8,10,15H,9,11-12H2,1-3H3,(H,24,26)/t15-/m0/s1. The number of benzene rings is 2. The molecule has 0 aliphatic carbocycles. The molecule has 0 radical (unpaired) electrons. The quantitative estimate of drug-likeness (QED) is 0.709. The Hall–Kier alpha value is -3.06. The molecule has 0 aromatic heterocycles. The van der Waals surface area contributed by atoms with Gasteiger partial charge in [0.1, 0.15) is 5.75 Å². The van der Waals surface area contributed by atoms with Gasteiger partial charge in [-0.25, -0.2) is 0 Å². The lowest BCUT2D eigenvalue weighted by Crippen LogP contribution is -2.28. The molecule has 0 saturated carbocycles. The predicted molar refractivity (Wildman–Crippen MR) is 114 cm³/mol.